The van der Waals surface area contributed by atoms with Crippen LogP contribution < -0.4 is 5.32 Å². The van der Waals surface area contributed by atoms with E-state index in [1.807, 2.05) is 11.8 Å². The molecule has 1 aliphatic rings. The number of carbonyl (C=O) groups is 1. The molecule has 0 radical (unpaired) electrons. The number of likely N-dealkylation sites (tertiary alicyclic amines) is 1. The Bertz CT molecular complexity index is 220. The van der Waals surface area contributed by atoms with E-state index in [4.69, 9.17) is 0 Å². The van der Waals surface area contributed by atoms with Crippen molar-refractivity contribution in [2.75, 3.05) is 19.6 Å². The quantitative estimate of drug-likeness (QED) is 0.749. The van der Waals surface area contributed by atoms with E-state index in [2.05, 4.69) is 26.1 Å². The van der Waals surface area contributed by atoms with Crippen LogP contribution in [0.2, 0.25) is 0 Å². The van der Waals surface area contributed by atoms with Gasteiger partial charge in [0.05, 0.1) is 0 Å². The molecule has 3 nitrogen and oxygen atoms in total. The molecular weight excluding hydrogens is 188 g/mol. The first-order valence-electron chi connectivity index (χ1n) is 5.95. The summed E-state index contributed by atoms with van der Waals surface area (Å²) >= 11 is 0. The lowest BCUT2D eigenvalue weighted by atomic mass is 9.84. The minimum Gasteiger partial charge on any atom is -0.338 e. The normalized spacial score (nSPS) is 21.9. The number of urea groups is 1. The molecule has 0 bridgehead atoms. The smallest absolute Gasteiger partial charge is 0.317 e. The van der Waals surface area contributed by atoms with E-state index in [0.717, 1.165) is 26.1 Å². The monoisotopic (exact) mass is 212 g/mol. The van der Waals surface area contributed by atoms with Crippen molar-refractivity contribution >= 4 is 6.03 Å². The van der Waals surface area contributed by atoms with Crippen molar-refractivity contribution in [2.45, 2.75) is 40.5 Å². The zero-order valence-electron chi connectivity index (χ0n) is 10.5. The van der Waals surface area contributed by atoms with E-state index >= 15 is 0 Å². The van der Waals surface area contributed by atoms with Gasteiger partial charge in [0.1, 0.15) is 0 Å². The Hall–Kier alpha value is -0.730. The van der Waals surface area contributed by atoms with Gasteiger partial charge in [-0.15, -0.1) is 0 Å². The summed E-state index contributed by atoms with van der Waals surface area (Å²) in [7, 11) is 0. The van der Waals surface area contributed by atoms with Crippen LogP contribution in [0.15, 0.2) is 0 Å². The van der Waals surface area contributed by atoms with E-state index < -0.39 is 0 Å². The van der Waals surface area contributed by atoms with E-state index in [0.29, 0.717) is 11.3 Å². The maximum atomic E-state index is 11.6. The van der Waals surface area contributed by atoms with Crippen LogP contribution in [0.5, 0.6) is 0 Å². The van der Waals surface area contributed by atoms with Gasteiger partial charge in [-0.05, 0) is 31.1 Å². The Labute approximate surface area is 93.2 Å². The lowest BCUT2D eigenvalue weighted by Gasteiger charge is -2.23. The Kier molecular flexibility index (Phi) is 4.00. The van der Waals surface area contributed by atoms with E-state index in [1.54, 1.807) is 0 Å². The summed E-state index contributed by atoms with van der Waals surface area (Å²) in [6.45, 7) is 11.3. The van der Waals surface area contributed by atoms with Crippen LogP contribution in [0.1, 0.15) is 40.5 Å². The van der Waals surface area contributed by atoms with Crippen molar-refractivity contribution < 1.29 is 4.79 Å². The molecule has 0 aromatic heterocycles. The SMILES string of the molecule is CCNC(=O)N1CCC(CC(C)(C)C)C1. The summed E-state index contributed by atoms with van der Waals surface area (Å²) in [5.74, 6) is 0.688. The lowest BCUT2D eigenvalue weighted by molar-refractivity contribution is 0.205. The average molecular weight is 212 g/mol. The second-order valence-corrected chi connectivity index (χ2v) is 5.70. The fraction of sp³-hybridized carbons (Fsp3) is 0.917. The molecular formula is C12H24N2O. The molecule has 1 saturated heterocycles. The molecule has 1 fully saturated rings. The van der Waals surface area contributed by atoms with Crippen LogP contribution in [0.25, 0.3) is 0 Å². The van der Waals surface area contributed by atoms with Crippen molar-refractivity contribution in [1.82, 2.24) is 10.2 Å². The van der Waals surface area contributed by atoms with Gasteiger partial charge in [0.15, 0.2) is 0 Å². The van der Waals surface area contributed by atoms with Crippen molar-refractivity contribution in [2.24, 2.45) is 11.3 Å². The standard InChI is InChI=1S/C12H24N2O/c1-5-13-11(15)14-7-6-10(9-14)8-12(2,3)4/h10H,5-9H2,1-4H3,(H,13,15). The average Bonchev–Trinajstić information content (AvgIpc) is 2.50. The van der Waals surface area contributed by atoms with Crippen LogP contribution in [0.3, 0.4) is 0 Å². The van der Waals surface area contributed by atoms with Crippen molar-refractivity contribution in [1.29, 1.82) is 0 Å². The highest BCUT2D eigenvalue weighted by atomic mass is 16.2. The summed E-state index contributed by atoms with van der Waals surface area (Å²) in [5.41, 5.74) is 0.377. The van der Waals surface area contributed by atoms with Gasteiger partial charge < -0.3 is 10.2 Å². The predicted octanol–water partition coefficient (Wildman–Crippen LogP) is 2.47. The molecule has 0 aromatic rings. The van der Waals surface area contributed by atoms with E-state index in [-0.39, 0.29) is 6.03 Å². The van der Waals surface area contributed by atoms with Crippen molar-refractivity contribution in [3.05, 3.63) is 0 Å². The van der Waals surface area contributed by atoms with Crippen LogP contribution in [-0.4, -0.2) is 30.6 Å². The summed E-state index contributed by atoms with van der Waals surface area (Å²) in [6, 6.07) is 0.105. The summed E-state index contributed by atoms with van der Waals surface area (Å²) < 4.78 is 0. The minimum absolute atomic E-state index is 0.105. The molecule has 1 atom stereocenters. The Morgan fingerprint density at radius 1 is 1.47 bits per heavy atom. The second-order valence-electron chi connectivity index (χ2n) is 5.70. The van der Waals surface area contributed by atoms with Crippen LogP contribution in [0.4, 0.5) is 4.79 Å². The highest BCUT2D eigenvalue weighted by Crippen LogP contribution is 2.30. The molecule has 1 heterocycles. The molecule has 0 aliphatic carbocycles. The number of hydrogen-bond donors (Lipinski definition) is 1. The Morgan fingerprint density at radius 3 is 2.67 bits per heavy atom. The highest BCUT2D eigenvalue weighted by molar-refractivity contribution is 5.74. The number of nitrogens with zero attached hydrogens (tertiary/aromatic N) is 1. The zero-order valence-corrected chi connectivity index (χ0v) is 10.5. The molecule has 0 aromatic carbocycles. The number of hydrogen-bond acceptors (Lipinski definition) is 1. The molecule has 1 rings (SSSR count). The summed E-state index contributed by atoms with van der Waals surface area (Å²) in [4.78, 5) is 13.5. The van der Waals surface area contributed by atoms with Gasteiger partial charge in [-0.1, -0.05) is 20.8 Å². The topological polar surface area (TPSA) is 32.3 Å². The van der Waals surface area contributed by atoms with Gasteiger partial charge >= 0.3 is 6.03 Å². The molecule has 15 heavy (non-hydrogen) atoms. The van der Waals surface area contributed by atoms with Crippen LogP contribution in [0, 0.1) is 11.3 Å². The third-order valence-electron chi connectivity index (χ3n) is 2.80. The van der Waals surface area contributed by atoms with Crippen molar-refractivity contribution in [3.8, 4) is 0 Å². The van der Waals surface area contributed by atoms with Gasteiger partial charge in [0.2, 0.25) is 0 Å². The largest absolute Gasteiger partial charge is 0.338 e. The molecule has 1 unspecified atom stereocenters. The molecule has 2 amide bonds. The fourth-order valence-corrected chi connectivity index (χ4v) is 2.31. The second kappa shape index (κ2) is 4.86. The fourth-order valence-electron chi connectivity index (χ4n) is 2.31. The Morgan fingerprint density at radius 2 is 2.13 bits per heavy atom. The molecule has 1 aliphatic heterocycles. The first kappa shape index (κ1) is 12.3. The Balaban J connectivity index is 2.36. The van der Waals surface area contributed by atoms with Gasteiger partial charge in [0.25, 0.3) is 0 Å². The van der Waals surface area contributed by atoms with Crippen LogP contribution in [-0.2, 0) is 0 Å². The summed E-state index contributed by atoms with van der Waals surface area (Å²) in [6.07, 6.45) is 2.37. The first-order chi connectivity index (χ1) is 6.92. The molecule has 3 heteroatoms. The molecule has 0 spiro atoms. The zero-order chi connectivity index (χ0) is 11.5. The van der Waals surface area contributed by atoms with Gasteiger partial charge in [-0.25, -0.2) is 4.79 Å². The molecule has 88 valence electrons. The van der Waals surface area contributed by atoms with Gasteiger partial charge in [-0.2, -0.15) is 0 Å². The van der Waals surface area contributed by atoms with E-state index in [1.165, 1.54) is 6.42 Å². The van der Waals surface area contributed by atoms with Crippen molar-refractivity contribution in [3.63, 3.8) is 0 Å². The molecule has 1 N–H and O–H groups in total. The number of carbonyl (C=O) groups excluding carboxylic acids is 1. The summed E-state index contributed by atoms with van der Waals surface area (Å²) in [5, 5.41) is 2.86. The maximum Gasteiger partial charge on any atom is 0.317 e. The van der Waals surface area contributed by atoms with Gasteiger partial charge in [0, 0.05) is 19.6 Å². The first-order valence-corrected chi connectivity index (χ1v) is 5.95. The highest BCUT2D eigenvalue weighted by Gasteiger charge is 2.28. The number of nitrogens with one attached hydrogen (secondary N) is 1. The third-order valence-corrected chi connectivity index (χ3v) is 2.80. The minimum atomic E-state index is 0.105. The molecule has 0 saturated carbocycles. The maximum absolute atomic E-state index is 11.6. The van der Waals surface area contributed by atoms with Crippen LogP contribution >= 0.6 is 0 Å². The lowest BCUT2D eigenvalue weighted by Crippen LogP contribution is -2.38. The number of amides is 2. The van der Waals surface area contributed by atoms with Gasteiger partial charge in [-0.3, -0.25) is 0 Å². The predicted molar refractivity (Wildman–Crippen MR) is 62.8 cm³/mol. The van der Waals surface area contributed by atoms with E-state index in [9.17, 15) is 4.79 Å². The number of rotatable bonds is 2. The third kappa shape index (κ3) is 4.10.